The number of rotatable bonds is 7. The Morgan fingerprint density at radius 2 is 1.58 bits per heavy atom. The van der Waals surface area contributed by atoms with Crippen molar-refractivity contribution in [3.8, 4) is 5.75 Å². The van der Waals surface area contributed by atoms with Gasteiger partial charge in [-0.15, -0.1) is 0 Å². The Bertz CT molecular complexity index is 1090. The number of hydrogen-bond acceptors (Lipinski definition) is 3. The van der Waals surface area contributed by atoms with Crippen LogP contribution in [0.15, 0.2) is 72.8 Å². The monoisotopic (exact) mass is 441 g/mol. The van der Waals surface area contributed by atoms with E-state index in [0.717, 1.165) is 36.2 Å². The van der Waals surface area contributed by atoms with E-state index in [2.05, 4.69) is 73.5 Å². The largest absolute Gasteiger partial charge is 0.508 e. The molecule has 1 fully saturated rings. The van der Waals surface area contributed by atoms with Gasteiger partial charge in [0.2, 0.25) is 0 Å². The summed E-state index contributed by atoms with van der Waals surface area (Å²) in [5.74, 6) is 0.882. The van der Waals surface area contributed by atoms with Crippen LogP contribution in [0.1, 0.15) is 59.4 Å². The second-order valence-electron chi connectivity index (χ2n) is 9.30. The lowest BCUT2D eigenvalue weighted by molar-refractivity contribution is 0.255. The molecule has 3 heteroatoms. The maximum atomic E-state index is 10.3. The number of aliphatic hydroxyl groups excluding tert-OH is 1. The first-order valence-electron chi connectivity index (χ1n) is 12.0. The van der Waals surface area contributed by atoms with Gasteiger partial charge >= 0.3 is 0 Å². The van der Waals surface area contributed by atoms with Crippen molar-refractivity contribution in [2.24, 2.45) is 0 Å². The van der Waals surface area contributed by atoms with Crippen LogP contribution in [0, 0.1) is 6.92 Å². The number of piperidine rings is 1. The normalized spacial score (nSPS) is 16.0. The Balaban J connectivity index is 1.82. The Labute approximate surface area is 198 Å². The first-order valence-corrected chi connectivity index (χ1v) is 12.0. The van der Waals surface area contributed by atoms with Gasteiger partial charge in [0.1, 0.15) is 5.75 Å². The summed E-state index contributed by atoms with van der Waals surface area (Å²) in [6, 6.07) is 25.1. The molecule has 2 N–H and O–H groups in total. The molecule has 1 aliphatic heterocycles. The van der Waals surface area contributed by atoms with Gasteiger partial charge in [-0.25, -0.2) is 0 Å². The summed E-state index contributed by atoms with van der Waals surface area (Å²) < 4.78 is 0. The Hall–Kier alpha value is -2.88. The Morgan fingerprint density at radius 3 is 2.24 bits per heavy atom. The number of benzene rings is 3. The molecule has 0 unspecified atom stereocenters. The number of hydrogen-bond donors (Lipinski definition) is 2. The summed E-state index contributed by atoms with van der Waals surface area (Å²) in [5, 5.41) is 19.9. The topological polar surface area (TPSA) is 43.7 Å². The number of likely N-dealkylation sites (tertiary alicyclic amines) is 1. The van der Waals surface area contributed by atoms with E-state index < -0.39 is 0 Å². The quantitative estimate of drug-likeness (QED) is 0.427. The van der Waals surface area contributed by atoms with Crippen LogP contribution in [-0.4, -0.2) is 41.9 Å². The van der Waals surface area contributed by atoms with E-state index in [4.69, 9.17) is 0 Å². The highest BCUT2D eigenvalue weighted by Gasteiger charge is 2.19. The molecule has 0 spiro atoms. The molecule has 1 saturated heterocycles. The second kappa shape index (κ2) is 10.8. The third kappa shape index (κ3) is 5.73. The van der Waals surface area contributed by atoms with Gasteiger partial charge in [-0.05, 0) is 104 Å². The summed E-state index contributed by atoms with van der Waals surface area (Å²) in [4.78, 5) is 2.41. The number of phenolic OH excluding ortho intramolecular Hbond substituents is 1. The van der Waals surface area contributed by atoms with Crippen LogP contribution in [0.2, 0.25) is 0 Å². The van der Waals surface area contributed by atoms with Crippen molar-refractivity contribution in [2.45, 2.75) is 38.5 Å². The summed E-state index contributed by atoms with van der Waals surface area (Å²) >= 11 is 0. The Morgan fingerprint density at radius 1 is 0.879 bits per heavy atom. The lowest BCUT2D eigenvalue weighted by Crippen LogP contribution is -2.29. The fourth-order valence-electron chi connectivity index (χ4n) is 4.94. The van der Waals surface area contributed by atoms with Crippen molar-refractivity contribution in [2.75, 3.05) is 26.7 Å². The molecule has 33 heavy (non-hydrogen) atoms. The summed E-state index contributed by atoms with van der Waals surface area (Å²) in [6.07, 6.45) is 3.87. The van der Waals surface area contributed by atoms with E-state index in [9.17, 15) is 10.2 Å². The smallest absolute Gasteiger partial charge is 0.116 e. The van der Waals surface area contributed by atoms with Gasteiger partial charge in [0, 0.05) is 6.61 Å². The van der Waals surface area contributed by atoms with E-state index in [1.807, 2.05) is 12.1 Å². The molecule has 0 radical (unpaired) electrons. The predicted octanol–water partition coefficient (Wildman–Crippen LogP) is 6.24. The predicted molar refractivity (Wildman–Crippen MR) is 137 cm³/mol. The summed E-state index contributed by atoms with van der Waals surface area (Å²) in [5.41, 5.74) is 8.26. The molecule has 1 aliphatic rings. The van der Waals surface area contributed by atoms with Crippen LogP contribution >= 0.6 is 0 Å². The van der Waals surface area contributed by atoms with Gasteiger partial charge in [-0.3, -0.25) is 0 Å². The van der Waals surface area contributed by atoms with E-state index in [1.165, 1.54) is 35.1 Å². The highest BCUT2D eigenvalue weighted by molar-refractivity contribution is 5.98. The molecule has 3 aromatic carbocycles. The number of nitrogens with zero attached hydrogens (tertiary/aromatic N) is 1. The standard InChI is InChI=1S/C30H35NO2/c1-22-6-3-7-26(20-22)29(10-5-19-32)30(27-8-4-9-28(33)21-27)25-13-11-23(12-14-25)24-15-17-31(2)18-16-24/h3-4,6-9,11-14,20-21,24,32-33H,5,10,15-19H2,1-2H3/b30-29+. The molecule has 0 aromatic heterocycles. The lowest BCUT2D eigenvalue weighted by atomic mass is 9.84. The summed E-state index contributed by atoms with van der Waals surface area (Å²) in [7, 11) is 2.20. The molecule has 3 aromatic rings. The molecule has 3 nitrogen and oxygen atoms in total. The van der Waals surface area contributed by atoms with Gasteiger partial charge in [-0.2, -0.15) is 0 Å². The fourth-order valence-corrected chi connectivity index (χ4v) is 4.94. The van der Waals surface area contributed by atoms with Gasteiger partial charge in [0.05, 0.1) is 0 Å². The zero-order valence-electron chi connectivity index (χ0n) is 19.8. The van der Waals surface area contributed by atoms with E-state index in [1.54, 1.807) is 6.07 Å². The molecule has 172 valence electrons. The third-order valence-electron chi connectivity index (χ3n) is 6.78. The molecule has 0 amide bonds. The molecular weight excluding hydrogens is 406 g/mol. The number of aliphatic hydroxyl groups is 1. The van der Waals surface area contributed by atoms with Crippen LogP contribution in [0.25, 0.3) is 11.1 Å². The number of aromatic hydroxyl groups is 1. The zero-order valence-corrected chi connectivity index (χ0v) is 19.8. The second-order valence-corrected chi connectivity index (χ2v) is 9.30. The highest BCUT2D eigenvalue weighted by atomic mass is 16.3. The van der Waals surface area contributed by atoms with Crippen LogP contribution in [-0.2, 0) is 0 Å². The number of allylic oxidation sites excluding steroid dienone is 1. The molecule has 0 saturated carbocycles. The fraction of sp³-hybridized carbons (Fsp3) is 0.333. The van der Waals surface area contributed by atoms with Crippen molar-refractivity contribution in [1.82, 2.24) is 4.90 Å². The average molecular weight is 442 g/mol. The molecule has 0 atom stereocenters. The van der Waals surface area contributed by atoms with Crippen molar-refractivity contribution in [3.05, 3.63) is 101 Å². The minimum atomic E-state index is 0.150. The first kappa shape index (κ1) is 23.3. The molecule has 4 rings (SSSR count). The minimum Gasteiger partial charge on any atom is -0.508 e. The lowest BCUT2D eigenvalue weighted by Gasteiger charge is -2.29. The van der Waals surface area contributed by atoms with E-state index in [0.29, 0.717) is 12.3 Å². The third-order valence-corrected chi connectivity index (χ3v) is 6.78. The molecular formula is C30H35NO2. The van der Waals surface area contributed by atoms with Crippen molar-refractivity contribution >= 4 is 11.1 Å². The van der Waals surface area contributed by atoms with Crippen LogP contribution in [0.4, 0.5) is 0 Å². The molecule has 0 bridgehead atoms. The molecule has 0 aliphatic carbocycles. The summed E-state index contributed by atoms with van der Waals surface area (Å²) in [6.45, 7) is 4.56. The van der Waals surface area contributed by atoms with Crippen molar-refractivity contribution < 1.29 is 10.2 Å². The zero-order chi connectivity index (χ0) is 23.2. The Kier molecular flexibility index (Phi) is 7.64. The van der Waals surface area contributed by atoms with E-state index >= 15 is 0 Å². The SMILES string of the molecule is Cc1cccc(/C(CCCO)=C(\c2ccc(C3CCN(C)CC3)cc2)c2cccc(O)c2)c1. The van der Waals surface area contributed by atoms with Gasteiger partial charge in [0.25, 0.3) is 0 Å². The number of aryl methyl sites for hydroxylation is 1. The maximum absolute atomic E-state index is 10.3. The van der Waals surface area contributed by atoms with Crippen LogP contribution in [0.3, 0.4) is 0 Å². The maximum Gasteiger partial charge on any atom is 0.116 e. The molecule has 1 heterocycles. The van der Waals surface area contributed by atoms with Crippen LogP contribution < -0.4 is 0 Å². The van der Waals surface area contributed by atoms with Crippen molar-refractivity contribution in [3.63, 3.8) is 0 Å². The van der Waals surface area contributed by atoms with Gasteiger partial charge in [0.15, 0.2) is 0 Å². The minimum absolute atomic E-state index is 0.150. The average Bonchev–Trinajstić information content (AvgIpc) is 2.82. The first-order chi connectivity index (χ1) is 16.0. The van der Waals surface area contributed by atoms with Gasteiger partial charge < -0.3 is 15.1 Å². The van der Waals surface area contributed by atoms with E-state index in [-0.39, 0.29) is 12.4 Å². The van der Waals surface area contributed by atoms with Gasteiger partial charge in [-0.1, -0.05) is 66.2 Å². The number of phenols is 1. The van der Waals surface area contributed by atoms with Crippen LogP contribution in [0.5, 0.6) is 5.75 Å². The van der Waals surface area contributed by atoms with Crippen molar-refractivity contribution in [1.29, 1.82) is 0 Å². The highest BCUT2D eigenvalue weighted by Crippen LogP contribution is 2.37.